The Balaban J connectivity index is 1.92. The molecule has 0 spiro atoms. The number of ketones is 1. The summed E-state index contributed by atoms with van der Waals surface area (Å²) >= 11 is 7.35. The van der Waals surface area contributed by atoms with Crippen molar-refractivity contribution in [1.29, 1.82) is 0 Å². The summed E-state index contributed by atoms with van der Waals surface area (Å²) in [6.45, 7) is 10.2. The molecule has 1 fully saturated rings. The van der Waals surface area contributed by atoms with Crippen molar-refractivity contribution in [2.24, 2.45) is 0 Å². The van der Waals surface area contributed by atoms with E-state index in [9.17, 15) is 14.7 Å². The number of hydrogen-bond acceptors (Lipinski definition) is 5. The van der Waals surface area contributed by atoms with E-state index in [4.69, 9.17) is 11.6 Å². The average Bonchev–Trinajstić information content (AvgIpc) is 3.23. The van der Waals surface area contributed by atoms with Crippen LogP contribution in [0.25, 0.3) is 5.76 Å². The van der Waals surface area contributed by atoms with Crippen LogP contribution < -0.4 is 4.90 Å². The molecule has 1 aromatic heterocycles. The molecule has 3 aromatic rings. The summed E-state index contributed by atoms with van der Waals surface area (Å²) in [6.07, 6.45) is 0. The number of carbonyl (C=O) groups is 2. The van der Waals surface area contributed by atoms with E-state index in [1.807, 2.05) is 38.1 Å². The summed E-state index contributed by atoms with van der Waals surface area (Å²) in [5, 5.41) is 12.1. The van der Waals surface area contributed by atoms with Gasteiger partial charge in [-0.15, -0.1) is 11.3 Å². The number of carbonyl (C=O) groups excluding carboxylic acids is 2. The minimum absolute atomic E-state index is 0.0383. The molecule has 0 radical (unpaired) electrons. The van der Waals surface area contributed by atoms with Crippen molar-refractivity contribution in [2.75, 3.05) is 4.90 Å². The van der Waals surface area contributed by atoms with Crippen LogP contribution in [0.15, 0.2) is 54.1 Å². The molecule has 1 aliphatic heterocycles. The summed E-state index contributed by atoms with van der Waals surface area (Å²) in [7, 11) is 0. The molecule has 5 nitrogen and oxygen atoms in total. The molecular formula is C26H25ClN2O3S. The van der Waals surface area contributed by atoms with Crippen LogP contribution in [0.4, 0.5) is 5.13 Å². The zero-order valence-corrected chi connectivity index (χ0v) is 20.7. The van der Waals surface area contributed by atoms with Crippen LogP contribution in [0.2, 0.25) is 5.02 Å². The zero-order chi connectivity index (χ0) is 24.1. The van der Waals surface area contributed by atoms with Crippen LogP contribution in [0.1, 0.15) is 54.1 Å². The van der Waals surface area contributed by atoms with Gasteiger partial charge in [-0.1, -0.05) is 56.6 Å². The number of rotatable bonds is 3. The third-order valence-electron chi connectivity index (χ3n) is 5.88. The Hall–Kier alpha value is -2.96. The van der Waals surface area contributed by atoms with E-state index in [-0.39, 0.29) is 16.7 Å². The molecule has 170 valence electrons. The molecule has 2 aromatic carbocycles. The number of halogens is 1. The Morgan fingerprint density at radius 2 is 1.64 bits per heavy atom. The Kier molecular flexibility index (Phi) is 5.93. The minimum Gasteiger partial charge on any atom is -0.507 e. The molecule has 7 heteroatoms. The molecule has 1 saturated heterocycles. The molecule has 2 heterocycles. The maximum atomic E-state index is 13.2. The normalized spacial score (nSPS) is 18.2. The van der Waals surface area contributed by atoms with Gasteiger partial charge in [0.25, 0.3) is 5.78 Å². The minimum atomic E-state index is -0.792. The number of nitrogens with zero attached hydrogens (tertiary/aromatic N) is 2. The van der Waals surface area contributed by atoms with Gasteiger partial charge in [-0.2, -0.15) is 0 Å². The van der Waals surface area contributed by atoms with E-state index in [1.54, 1.807) is 24.3 Å². The van der Waals surface area contributed by atoms with E-state index in [0.717, 1.165) is 21.7 Å². The van der Waals surface area contributed by atoms with Crippen LogP contribution in [-0.2, 0) is 15.0 Å². The van der Waals surface area contributed by atoms with Crippen molar-refractivity contribution >= 4 is 45.5 Å². The highest BCUT2D eigenvalue weighted by molar-refractivity contribution is 7.16. The maximum Gasteiger partial charge on any atom is 0.301 e. The first-order valence-electron chi connectivity index (χ1n) is 10.6. The van der Waals surface area contributed by atoms with Gasteiger partial charge >= 0.3 is 5.91 Å². The number of aliphatic hydroxyl groups excluding tert-OH is 1. The van der Waals surface area contributed by atoms with Crippen molar-refractivity contribution in [3.63, 3.8) is 0 Å². The number of benzene rings is 2. The maximum absolute atomic E-state index is 13.2. The smallest absolute Gasteiger partial charge is 0.301 e. The number of aryl methyl sites for hydroxylation is 2. The van der Waals surface area contributed by atoms with Gasteiger partial charge < -0.3 is 5.11 Å². The zero-order valence-electron chi connectivity index (χ0n) is 19.1. The van der Waals surface area contributed by atoms with Crippen LogP contribution in [0, 0.1) is 13.8 Å². The molecule has 4 rings (SSSR count). The van der Waals surface area contributed by atoms with Crippen molar-refractivity contribution in [3.8, 4) is 0 Å². The predicted octanol–water partition coefficient (Wildman–Crippen LogP) is 6.34. The lowest BCUT2D eigenvalue weighted by Crippen LogP contribution is -2.29. The Bertz CT molecular complexity index is 1250. The summed E-state index contributed by atoms with van der Waals surface area (Å²) in [5.41, 5.74) is 3.06. The van der Waals surface area contributed by atoms with Crippen LogP contribution in [0.5, 0.6) is 0 Å². The van der Waals surface area contributed by atoms with Gasteiger partial charge in [-0.3, -0.25) is 14.5 Å². The monoisotopic (exact) mass is 480 g/mol. The first-order valence-corrected chi connectivity index (χ1v) is 11.8. The van der Waals surface area contributed by atoms with Crippen LogP contribution in [-0.4, -0.2) is 21.8 Å². The summed E-state index contributed by atoms with van der Waals surface area (Å²) < 4.78 is 0. The van der Waals surface area contributed by atoms with Gasteiger partial charge in [0.15, 0.2) is 5.13 Å². The van der Waals surface area contributed by atoms with Crippen molar-refractivity contribution in [3.05, 3.63) is 86.4 Å². The fourth-order valence-corrected chi connectivity index (χ4v) is 4.90. The fraction of sp³-hybridized carbons (Fsp3) is 0.269. The highest BCUT2D eigenvalue weighted by Gasteiger charge is 2.48. The van der Waals surface area contributed by atoms with Gasteiger partial charge in [0, 0.05) is 15.5 Å². The molecular weight excluding hydrogens is 456 g/mol. The second-order valence-corrected chi connectivity index (χ2v) is 10.8. The summed E-state index contributed by atoms with van der Waals surface area (Å²) in [4.78, 5) is 33.3. The third kappa shape index (κ3) is 4.21. The molecule has 1 atom stereocenters. The number of thiazole rings is 1. The van der Waals surface area contributed by atoms with Crippen molar-refractivity contribution in [2.45, 2.75) is 46.1 Å². The number of aromatic nitrogens is 1. The highest BCUT2D eigenvalue weighted by Crippen LogP contribution is 2.44. The molecule has 0 saturated carbocycles. The van der Waals surface area contributed by atoms with E-state index >= 15 is 0 Å². The Labute approximate surface area is 202 Å². The van der Waals surface area contributed by atoms with Crippen molar-refractivity contribution in [1.82, 2.24) is 4.98 Å². The molecule has 0 unspecified atom stereocenters. The topological polar surface area (TPSA) is 70.5 Å². The van der Waals surface area contributed by atoms with Gasteiger partial charge in [0.05, 0.1) is 17.3 Å². The van der Waals surface area contributed by atoms with Gasteiger partial charge in [-0.25, -0.2) is 4.98 Å². The number of Topliss-reactive ketones (excluding diaryl/α,β-unsaturated/α-hetero) is 1. The quantitative estimate of drug-likeness (QED) is 0.270. The number of hydrogen-bond donors (Lipinski definition) is 1. The van der Waals surface area contributed by atoms with E-state index in [1.165, 1.54) is 16.2 Å². The lowest BCUT2D eigenvalue weighted by Gasteiger charge is -2.24. The van der Waals surface area contributed by atoms with Crippen molar-refractivity contribution < 1.29 is 14.7 Å². The molecule has 1 N–H and O–H groups in total. The summed E-state index contributed by atoms with van der Waals surface area (Å²) in [6, 6.07) is 13.5. The lowest BCUT2D eigenvalue weighted by atomic mass is 9.85. The van der Waals surface area contributed by atoms with Gasteiger partial charge in [-0.05, 0) is 54.7 Å². The van der Waals surface area contributed by atoms with Gasteiger partial charge in [0.1, 0.15) is 5.76 Å². The SMILES string of the molecule is Cc1nc(N2C(=O)C(=O)/C(=C(/O)c3ccc(Cl)cc3)[C@@H]2c2ccc(C(C)(C)C)cc2)sc1C. The van der Waals surface area contributed by atoms with E-state index in [2.05, 4.69) is 25.8 Å². The molecule has 1 amide bonds. The number of aliphatic hydroxyl groups is 1. The number of anilines is 1. The van der Waals surface area contributed by atoms with E-state index in [0.29, 0.717) is 15.7 Å². The highest BCUT2D eigenvalue weighted by atomic mass is 35.5. The molecule has 33 heavy (non-hydrogen) atoms. The second-order valence-electron chi connectivity index (χ2n) is 9.19. The van der Waals surface area contributed by atoms with Crippen LogP contribution in [0.3, 0.4) is 0 Å². The number of amides is 1. The second kappa shape index (κ2) is 8.43. The molecule has 1 aliphatic rings. The van der Waals surface area contributed by atoms with E-state index < -0.39 is 17.7 Å². The predicted molar refractivity (Wildman–Crippen MR) is 133 cm³/mol. The third-order valence-corrected chi connectivity index (χ3v) is 7.20. The summed E-state index contributed by atoms with van der Waals surface area (Å²) in [5.74, 6) is -1.68. The largest absolute Gasteiger partial charge is 0.507 e. The Morgan fingerprint density at radius 3 is 2.15 bits per heavy atom. The van der Waals surface area contributed by atoms with Gasteiger partial charge in [0.2, 0.25) is 0 Å². The first-order chi connectivity index (χ1) is 15.5. The first kappa shape index (κ1) is 23.2. The lowest BCUT2D eigenvalue weighted by molar-refractivity contribution is -0.132. The van der Waals surface area contributed by atoms with Crippen LogP contribution >= 0.6 is 22.9 Å². The average molecular weight is 481 g/mol. The fourth-order valence-electron chi connectivity index (χ4n) is 3.83. The standard InChI is InChI=1S/C26H25ClN2O3S/c1-14-15(2)33-25(28-14)29-21(16-6-10-18(11-7-16)26(3,4)5)20(23(31)24(29)32)22(30)17-8-12-19(27)13-9-17/h6-13,21,30H,1-5H3/b22-20+/t21-/m0/s1. The molecule has 0 bridgehead atoms. The Morgan fingerprint density at radius 1 is 1.03 bits per heavy atom. The molecule has 0 aliphatic carbocycles.